The number of hydrogen-bond acceptors (Lipinski definition) is 4. The number of aromatic nitrogens is 4. The normalized spacial score (nSPS) is 14.0. The predicted octanol–water partition coefficient (Wildman–Crippen LogP) is 4.10. The van der Waals surface area contributed by atoms with Gasteiger partial charge in [0.1, 0.15) is 5.82 Å². The molecule has 0 bridgehead atoms. The first-order valence-electron chi connectivity index (χ1n) is 13.0. The van der Waals surface area contributed by atoms with Crippen molar-refractivity contribution in [3.05, 3.63) is 97.4 Å². The lowest BCUT2D eigenvalue weighted by Gasteiger charge is -2.29. The third-order valence-corrected chi connectivity index (χ3v) is 7.21. The lowest BCUT2D eigenvalue weighted by molar-refractivity contribution is 0.235. The van der Waals surface area contributed by atoms with Crippen molar-refractivity contribution in [3.8, 4) is 0 Å². The zero-order chi connectivity index (χ0) is 25.2. The van der Waals surface area contributed by atoms with Crippen molar-refractivity contribution in [1.29, 1.82) is 0 Å². The van der Waals surface area contributed by atoms with Crippen molar-refractivity contribution in [2.45, 2.75) is 66.2 Å². The molecule has 2 aromatic carbocycles. The van der Waals surface area contributed by atoms with Gasteiger partial charge >= 0.3 is 5.69 Å². The van der Waals surface area contributed by atoms with Gasteiger partial charge in [0.25, 0.3) is 5.56 Å². The minimum atomic E-state index is -0.421. The summed E-state index contributed by atoms with van der Waals surface area (Å²) in [6.45, 7) is 10.1. The lowest BCUT2D eigenvalue weighted by atomic mass is 9.96. The van der Waals surface area contributed by atoms with Crippen LogP contribution >= 0.6 is 0 Å². The van der Waals surface area contributed by atoms with Gasteiger partial charge in [0, 0.05) is 19.6 Å². The molecule has 0 fully saturated rings. The molecular weight excluding hydrogens is 450 g/mol. The van der Waals surface area contributed by atoms with Crippen LogP contribution in [0.2, 0.25) is 0 Å². The zero-order valence-corrected chi connectivity index (χ0v) is 21.5. The van der Waals surface area contributed by atoms with Crippen molar-refractivity contribution in [2.24, 2.45) is 5.92 Å². The molecule has 7 nitrogen and oxygen atoms in total. The van der Waals surface area contributed by atoms with Gasteiger partial charge in [-0.3, -0.25) is 19.2 Å². The standard InChI is InChI=1S/C29H35N5O2/c1-4-21-10-11-23-13-14-32(18-24(23)16-21)19-25-30-27-26(33(25)15-12-20(2)3)28(35)31-29(36)34(27)17-22-8-6-5-7-9-22/h5-11,16,20H,4,12-15,17-19H2,1-3H3,(H,31,35,36). The number of nitrogens with zero attached hydrogens (tertiary/aromatic N) is 4. The van der Waals surface area contributed by atoms with E-state index in [1.54, 1.807) is 4.57 Å². The van der Waals surface area contributed by atoms with Crippen LogP contribution in [0, 0.1) is 5.92 Å². The molecule has 0 saturated heterocycles. The van der Waals surface area contributed by atoms with Crippen molar-refractivity contribution in [1.82, 2.24) is 24.0 Å². The summed E-state index contributed by atoms with van der Waals surface area (Å²) in [5.41, 5.74) is 5.33. The van der Waals surface area contributed by atoms with Crippen molar-refractivity contribution < 1.29 is 0 Å². The van der Waals surface area contributed by atoms with Crippen LogP contribution in [0.5, 0.6) is 0 Å². The monoisotopic (exact) mass is 485 g/mol. The van der Waals surface area contributed by atoms with Crippen LogP contribution in [0.1, 0.15) is 55.3 Å². The Morgan fingerprint density at radius 1 is 0.972 bits per heavy atom. The Bertz CT molecular complexity index is 1480. The maximum atomic E-state index is 13.1. The van der Waals surface area contributed by atoms with Gasteiger partial charge in [-0.2, -0.15) is 0 Å². The number of fused-ring (bicyclic) bond motifs is 2. The minimum absolute atomic E-state index is 0.363. The van der Waals surface area contributed by atoms with E-state index in [2.05, 4.69) is 48.9 Å². The van der Waals surface area contributed by atoms with E-state index >= 15 is 0 Å². The number of aromatic amines is 1. The first-order valence-corrected chi connectivity index (χ1v) is 13.0. The third-order valence-electron chi connectivity index (χ3n) is 7.21. The maximum Gasteiger partial charge on any atom is 0.330 e. The predicted molar refractivity (Wildman–Crippen MR) is 143 cm³/mol. The highest BCUT2D eigenvalue weighted by Gasteiger charge is 2.23. The second-order valence-corrected chi connectivity index (χ2v) is 10.3. The molecule has 36 heavy (non-hydrogen) atoms. The molecule has 3 heterocycles. The number of H-pyrrole nitrogens is 1. The summed E-state index contributed by atoms with van der Waals surface area (Å²) in [4.78, 5) is 35.9. The molecule has 0 unspecified atom stereocenters. The first kappa shape index (κ1) is 24.3. The Kier molecular flexibility index (Phi) is 6.92. The summed E-state index contributed by atoms with van der Waals surface area (Å²) in [5, 5.41) is 0. The quantitative estimate of drug-likeness (QED) is 0.408. The average Bonchev–Trinajstić information content (AvgIpc) is 3.23. The molecule has 0 radical (unpaired) electrons. The van der Waals surface area contributed by atoms with Crippen LogP contribution in [0.4, 0.5) is 0 Å². The van der Waals surface area contributed by atoms with E-state index in [0.29, 0.717) is 36.7 Å². The number of imidazole rings is 1. The number of aryl methyl sites for hydroxylation is 2. The van der Waals surface area contributed by atoms with E-state index in [9.17, 15) is 9.59 Å². The number of nitrogens with one attached hydrogen (secondary N) is 1. The number of rotatable bonds is 8. The molecule has 0 aliphatic carbocycles. The van der Waals surface area contributed by atoms with Crippen LogP contribution < -0.4 is 11.2 Å². The average molecular weight is 486 g/mol. The Labute approximate surface area is 211 Å². The molecule has 1 aliphatic rings. The van der Waals surface area contributed by atoms with Crippen molar-refractivity contribution >= 4 is 11.2 Å². The van der Waals surface area contributed by atoms with E-state index in [1.807, 2.05) is 34.9 Å². The largest absolute Gasteiger partial charge is 0.330 e. The van der Waals surface area contributed by atoms with Crippen molar-refractivity contribution in [3.63, 3.8) is 0 Å². The third kappa shape index (κ3) is 4.93. The molecule has 0 spiro atoms. The van der Waals surface area contributed by atoms with Gasteiger partial charge in [-0.05, 0) is 47.4 Å². The molecule has 1 aliphatic heterocycles. The van der Waals surface area contributed by atoms with E-state index in [-0.39, 0.29) is 5.56 Å². The maximum absolute atomic E-state index is 13.1. The Morgan fingerprint density at radius 3 is 2.53 bits per heavy atom. The van der Waals surface area contributed by atoms with Gasteiger partial charge < -0.3 is 4.57 Å². The number of benzene rings is 2. The molecule has 2 aromatic heterocycles. The number of hydrogen-bond donors (Lipinski definition) is 1. The summed E-state index contributed by atoms with van der Waals surface area (Å²) < 4.78 is 3.65. The van der Waals surface area contributed by atoms with Gasteiger partial charge in [-0.1, -0.05) is 69.3 Å². The molecular formula is C29H35N5O2. The topological polar surface area (TPSA) is 75.9 Å². The van der Waals surface area contributed by atoms with Gasteiger partial charge in [-0.25, -0.2) is 9.78 Å². The van der Waals surface area contributed by atoms with E-state index < -0.39 is 5.69 Å². The zero-order valence-electron chi connectivity index (χ0n) is 21.5. The van der Waals surface area contributed by atoms with Gasteiger partial charge in [0.05, 0.1) is 13.1 Å². The molecule has 188 valence electrons. The molecule has 0 amide bonds. The second-order valence-electron chi connectivity index (χ2n) is 10.3. The lowest BCUT2D eigenvalue weighted by Crippen LogP contribution is -2.32. The summed E-state index contributed by atoms with van der Waals surface area (Å²) >= 11 is 0. The summed E-state index contributed by atoms with van der Waals surface area (Å²) in [7, 11) is 0. The van der Waals surface area contributed by atoms with E-state index in [1.165, 1.54) is 16.7 Å². The van der Waals surface area contributed by atoms with E-state index in [4.69, 9.17) is 4.98 Å². The fourth-order valence-corrected chi connectivity index (χ4v) is 5.10. The fourth-order valence-electron chi connectivity index (χ4n) is 5.10. The highest BCUT2D eigenvalue weighted by atomic mass is 16.2. The van der Waals surface area contributed by atoms with Gasteiger partial charge in [-0.15, -0.1) is 0 Å². The Hall–Kier alpha value is -3.45. The van der Waals surface area contributed by atoms with Crippen LogP contribution in [-0.4, -0.2) is 30.5 Å². The highest BCUT2D eigenvalue weighted by molar-refractivity contribution is 5.71. The van der Waals surface area contributed by atoms with Crippen LogP contribution in [0.25, 0.3) is 11.2 Å². The van der Waals surface area contributed by atoms with Crippen LogP contribution in [0.15, 0.2) is 58.1 Å². The first-order chi connectivity index (χ1) is 17.4. The molecule has 7 heteroatoms. The summed E-state index contributed by atoms with van der Waals surface area (Å²) in [6, 6.07) is 16.6. The smallest absolute Gasteiger partial charge is 0.321 e. The van der Waals surface area contributed by atoms with Crippen LogP contribution in [-0.2, 0) is 39.0 Å². The molecule has 1 N–H and O–H groups in total. The minimum Gasteiger partial charge on any atom is -0.321 e. The summed E-state index contributed by atoms with van der Waals surface area (Å²) in [6.07, 6.45) is 2.96. The molecule has 5 rings (SSSR count). The Balaban J connectivity index is 1.55. The van der Waals surface area contributed by atoms with Gasteiger partial charge in [0.15, 0.2) is 11.2 Å². The molecule has 0 atom stereocenters. The Morgan fingerprint density at radius 2 is 1.78 bits per heavy atom. The molecule has 0 saturated carbocycles. The molecule has 4 aromatic rings. The fraction of sp³-hybridized carbons (Fsp3) is 0.414. The van der Waals surface area contributed by atoms with Crippen LogP contribution in [0.3, 0.4) is 0 Å². The van der Waals surface area contributed by atoms with Gasteiger partial charge in [0.2, 0.25) is 0 Å². The van der Waals surface area contributed by atoms with E-state index in [0.717, 1.165) is 43.7 Å². The SMILES string of the molecule is CCc1ccc2c(c1)CN(Cc1nc3c(c(=O)[nH]c(=O)n3Cc3ccccc3)n1CCC(C)C)CC2. The summed E-state index contributed by atoms with van der Waals surface area (Å²) in [5.74, 6) is 1.33. The van der Waals surface area contributed by atoms with Crippen molar-refractivity contribution in [2.75, 3.05) is 6.54 Å². The highest BCUT2D eigenvalue weighted by Crippen LogP contribution is 2.23. The second kappa shape index (κ2) is 10.3.